The lowest BCUT2D eigenvalue weighted by atomic mass is 10.1. The van der Waals surface area contributed by atoms with Crippen molar-refractivity contribution < 1.29 is 4.79 Å². The van der Waals surface area contributed by atoms with Crippen LogP contribution in [0.3, 0.4) is 0 Å². The van der Waals surface area contributed by atoms with Gasteiger partial charge >= 0.3 is 0 Å². The number of amides is 1. The van der Waals surface area contributed by atoms with Crippen molar-refractivity contribution >= 4 is 21.8 Å². The summed E-state index contributed by atoms with van der Waals surface area (Å²) in [5.41, 5.74) is 1.19. The Morgan fingerprint density at radius 3 is 2.83 bits per heavy atom. The van der Waals surface area contributed by atoms with Gasteiger partial charge in [-0.3, -0.25) is 4.79 Å². The average Bonchev–Trinajstić information content (AvgIpc) is 2.89. The van der Waals surface area contributed by atoms with Crippen LogP contribution in [0.15, 0.2) is 28.7 Å². The van der Waals surface area contributed by atoms with Gasteiger partial charge in [-0.05, 0) is 37.5 Å². The highest BCUT2D eigenvalue weighted by Gasteiger charge is 2.18. The van der Waals surface area contributed by atoms with Gasteiger partial charge in [0.25, 0.3) is 0 Å². The normalized spacial score (nSPS) is 16.9. The standard InChI is InChI=1S/C14H19BrN2O/c1-11(12-5-4-6-13(15)9-12)16-10-14(18)17-7-2-3-8-17/h4-6,9,11,16H,2-3,7-8,10H2,1H3. The van der Waals surface area contributed by atoms with E-state index in [1.807, 2.05) is 17.0 Å². The quantitative estimate of drug-likeness (QED) is 0.927. The molecular weight excluding hydrogens is 292 g/mol. The summed E-state index contributed by atoms with van der Waals surface area (Å²) in [6, 6.07) is 8.36. The van der Waals surface area contributed by atoms with Crippen molar-refractivity contribution in [3.8, 4) is 0 Å². The van der Waals surface area contributed by atoms with E-state index in [1.165, 1.54) is 5.56 Å². The maximum Gasteiger partial charge on any atom is 0.236 e. The van der Waals surface area contributed by atoms with Crippen LogP contribution in [0.4, 0.5) is 0 Å². The first kappa shape index (κ1) is 13.6. The molecule has 3 nitrogen and oxygen atoms in total. The molecule has 1 aromatic rings. The van der Waals surface area contributed by atoms with Crippen molar-refractivity contribution in [2.75, 3.05) is 19.6 Å². The van der Waals surface area contributed by atoms with Gasteiger partial charge in [0.05, 0.1) is 6.54 Å². The molecule has 1 N–H and O–H groups in total. The molecule has 0 spiro atoms. The van der Waals surface area contributed by atoms with Crippen molar-refractivity contribution in [1.82, 2.24) is 10.2 Å². The first-order valence-corrected chi connectivity index (χ1v) is 7.23. The lowest BCUT2D eigenvalue weighted by molar-refractivity contribution is -0.129. The lowest BCUT2D eigenvalue weighted by Gasteiger charge is -2.18. The van der Waals surface area contributed by atoms with E-state index in [2.05, 4.69) is 40.3 Å². The molecule has 1 aliphatic heterocycles. The monoisotopic (exact) mass is 310 g/mol. The van der Waals surface area contributed by atoms with Crippen LogP contribution >= 0.6 is 15.9 Å². The number of halogens is 1. The molecule has 1 unspecified atom stereocenters. The Balaban J connectivity index is 1.84. The minimum absolute atomic E-state index is 0.189. The first-order valence-electron chi connectivity index (χ1n) is 6.43. The van der Waals surface area contributed by atoms with Crippen LogP contribution in [0.5, 0.6) is 0 Å². The third kappa shape index (κ3) is 3.56. The number of nitrogens with one attached hydrogen (secondary N) is 1. The van der Waals surface area contributed by atoms with E-state index < -0.39 is 0 Å². The Kier molecular flexibility index (Phi) is 4.78. The summed E-state index contributed by atoms with van der Waals surface area (Å²) in [5, 5.41) is 3.29. The summed E-state index contributed by atoms with van der Waals surface area (Å²) in [7, 11) is 0. The Morgan fingerprint density at radius 2 is 2.17 bits per heavy atom. The molecular formula is C14H19BrN2O. The van der Waals surface area contributed by atoms with Crippen molar-refractivity contribution in [3.05, 3.63) is 34.3 Å². The van der Waals surface area contributed by atoms with Crippen LogP contribution in [-0.2, 0) is 4.79 Å². The second-order valence-electron chi connectivity index (χ2n) is 4.75. The van der Waals surface area contributed by atoms with Crippen molar-refractivity contribution in [3.63, 3.8) is 0 Å². The van der Waals surface area contributed by atoms with Crippen LogP contribution in [-0.4, -0.2) is 30.4 Å². The summed E-state index contributed by atoms with van der Waals surface area (Å²) in [6.07, 6.45) is 2.29. The minimum atomic E-state index is 0.189. The first-order chi connectivity index (χ1) is 8.66. The van der Waals surface area contributed by atoms with Crippen molar-refractivity contribution in [2.45, 2.75) is 25.8 Å². The molecule has 2 rings (SSSR count). The van der Waals surface area contributed by atoms with E-state index in [4.69, 9.17) is 0 Å². The minimum Gasteiger partial charge on any atom is -0.342 e. The lowest BCUT2D eigenvalue weighted by Crippen LogP contribution is -2.37. The summed E-state index contributed by atoms with van der Waals surface area (Å²) >= 11 is 3.46. The van der Waals surface area contributed by atoms with Crippen LogP contribution in [0, 0.1) is 0 Å². The number of hydrogen-bond acceptors (Lipinski definition) is 2. The fraction of sp³-hybridized carbons (Fsp3) is 0.500. The van der Waals surface area contributed by atoms with Gasteiger partial charge in [-0.1, -0.05) is 28.1 Å². The van der Waals surface area contributed by atoms with Crippen LogP contribution in [0.1, 0.15) is 31.4 Å². The molecule has 1 atom stereocenters. The summed E-state index contributed by atoms with van der Waals surface area (Å²) in [6.45, 7) is 4.35. The number of likely N-dealkylation sites (tertiary alicyclic amines) is 1. The fourth-order valence-electron chi connectivity index (χ4n) is 2.21. The Labute approximate surface area is 117 Å². The van der Waals surface area contributed by atoms with Gasteiger partial charge in [-0.25, -0.2) is 0 Å². The SMILES string of the molecule is CC(NCC(=O)N1CCCC1)c1cccc(Br)c1. The van der Waals surface area contributed by atoms with E-state index >= 15 is 0 Å². The van der Waals surface area contributed by atoms with E-state index in [-0.39, 0.29) is 11.9 Å². The van der Waals surface area contributed by atoms with Crippen LogP contribution in [0.25, 0.3) is 0 Å². The smallest absolute Gasteiger partial charge is 0.236 e. The zero-order valence-corrected chi connectivity index (χ0v) is 12.2. The molecule has 0 bridgehead atoms. The topological polar surface area (TPSA) is 32.3 Å². The predicted octanol–water partition coefficient (Wildman–Crippen LogP) is 2.72. The Bertz CT molecular complexity index is 416. The zero-order chi connectivity index (χ0) is 13.0. The van der Waals surface area contributed by atoms with Gasteiger partial charge in [0, 0.05) is 23.6 Å². The molecule has 0 aliphatic carbocycles. The summed E-state index contributed by atoms with van der Waals surface area (Å²) < 4.78 is 1.07. The van der Waals surface area contributed by atoms with Crippen LogP contribution < -0.4 is 5.32 Å². The molecule has 0 aromatic heterocycles. The van der Waals surface area contributed by atoms with Crippen LogP contribution in [0.2, 0.25) is 0 Å². The second-order valence-corrected chi connectivity index (χ2v) is 5.66. The molecule has 1 heterocycles. The molecule has 0 saturated carbocycles. The second kappa shape index (κ2) is 6.34. The number of carbonyl (C=O) groups excluding carboxylic acids is 1. The summed E-state index contributed by atoms with van der Waals surface area (Å²) in [4.78, 5) is 13.8. The third-order valence-corrected chi connectivity index (χ3v) is 3.86. The molecule has 1 aliphatic rings. The van der Waals surface area contributed by atoms with E-state index in [9.17, 15) is 4.79 Å². The molecule has 1 fully saturated rings. The molecule has 0 radical (unpaired) electrons. The average molecular weight is 311 g/mol. The summed E-state index contributed by atoms with van der Waals surface area (Å²) in [5.74, 6) is 0.217. The molecule has 1 amide bonds. The fourth-order valence-corrected chi connectivity index (χ4v) is 2.63. The number of hydrogen-bond donors (Lipinski definition) is 1. The van der Waals surface area contributed by atoms with Gasteiger partial charge in [-0.15, -0.1) is 0 Å². The number of rotatable bonds is 4. The van der Waals surface area contributed by atoms with Gasteiger partial charge in [0.15, 0.2) is 0 Å². The molecule has 1 saturated heterocycles. The van der Waals surface area contributed by atoms with E-state index in [1.54, 1.807) is 0 Å². The highest BCUT2D eigenvalue weighted by molar-refractivity contribution is 9.10. The molecule has 1 aromatic carbocycles. The van der Waals surface area contributed by atoms with E-state index in [0.717, 1.165) is 30.4 Å². The van der Waals surface area contributed by atoms with Gasteiger partial charge in [0.2, 0.25) is 5.91 Å². The largest absolute Gasteiger partial charge is 0.342 e. The zero-order valence-electron chi connectivity index (χ0n) is 10.7. The van der Waals surface area contributed by atoms with Gasteiger partial charge in [-0.2, -0.15) is 0 Å². The maximum absolute atomic E-state index is 11.9. The van der Waals surface area contributed by atoms with Crippen molar-refractivity contribution in [1.29, 1.82) is 0 Å². The Hall–Kier alpha value is -0.870. The highest BCUT2D eigenvalue weighted by Crippen LogP contribution is 2.17. The van der Waals surface area contributed by atoms with Gasteiger partial charge in [0.1, 0.15) is 0 Å². The van der Waals surface area contributed by atoms with Gasteiger partial charge < -0.3 is 10.2 Å². The molecule has 4 heteroatoms. The third-order valence-electron chi connectivity index (χ3n) is 3.37. The predicted molar refractivity (Wildman–Crippen MR) is 76.4 cm³/mol. The highest BCUT2D eigenvalue weighted by atomic mass is 79.9. The molecule has 98 valence electrons. The number of benzene rings is 1. The maximum atomic E-state index is 11.9. The Morgan fingerprint density at radius 1 is 1.44 bits per heavy atom. The number of nitrogens with zero attached hydrogens (tertiary/aromatic N) is 1. The van der Waals surface area contributed by atoms with Crippen molar-refractivity contribution in [2.24, 2.45) is 0 Å². The number of carbonyl (C=O) groups is 1. The molecule has 18 heavy (non-hydrogen) atoms. The van der Waals surface area contributed by atoms with E-state index in [0.29, 0.717) is 6.54 Å².